The van der Waals surface area contributed by atoms with Crippen LogP contribution in [0.1, 0.15) is 39.5 Å². The third-order valence-electron chi connectivity index (χ3n) is 3.83. The summed E-state index contributed by atoms with van der Waals surface area (Å²) < 4.78 is 0. The van der Waals surface area contributed by atoms with Crippen LogP contribution in [0.5, 0.6) is 0 Å². The Labute approximate surface area is 133 Å². The van der Waals surface area contributed by atoms with E-state index in [0.717, 1.165) is 18.5 Å². The van der Waals surface area contributed by atoms with Crippen molar-refractivity contribution in [2.75, 3.05) is 0 Å². The smallest absolute Gasteiger partial charge is 0.252 e. The SMILES string of the molecule is CC1Cc2sccc2C(=O)N1.CC1Cc2sccc2CN1. The largest absolute Gasteiger partial charge is 0.349 e. The molecule has 0 aliphatic carbocycles. The Morgan fingerprint density at radius 1 is 1.05 bits per heavy atom. The molecule has 3 nitrogen and oxygen atoms in total. The first-order chi connectivity index (χ1) is 10.1. The van der Waals surface area contributed by atoms with E-state index in [1.165, 1.54) is 16.9 Å². The summed E-state index contributed by atoms with van der Waals surface area (Å²) in [6.07, 6.45) is 2.20. The number of hydrogen-bond donors (Lipinski definition) is 2. The molecule has 0 radical (unpaired) electrons. The number of fused-ring (bicyclic) bond motifs is 2. The highest BCUT2D eigenvalue weighted by atomic mass is 32.1. The second-order valence-electron chi connectivity index (χ2n) is 5.69. The number of hydrogen-bond acceptors (Lipinski definition) is 4. The Balaban J connectivity index is 0.000000126. The van der Waals surface area contributed by atoms with Gasteiger partial charge in [0.2, 0.25) is 0 Å². The van der Waals surface area contributed by atoms with Crippen LogP contribution >= 0.6 is 22.7 Å². The zero-order valence-corrected chi connectivity index (χ0v) is 13.9. The van der Waals surface area contributed by atoms with E-state index in [1.807, 2.05) is 29.7 Å². The molecule has 21 heavy (non-hydrogen) atoms. The van der Waals surface area contributed by atoms with Gasteiger partial charge in [0.1, 0.15) is 0 Å². The Morgan fingerprint density at radius 3 is 2.62 bits per heavy atom. The summed E-state index contributed by atoms with van der Waals surface area (Å²) in [5.74, 6) is 0.0833. The fraction of sp³-hybridized carbons (Fsp3) is 0.438. The summed E-state index contributed by atoms with van der Waals surface area (Å²) in [6.45, 7) is 5.34. The summed E-state index contributed by atoms with van der Waals surface area (Å²) in [5.41, 5.74) is 2.37. The lowest BCUT2D eigenvalue weighted by atomic mass is 10.1. The number of nitrogens with one attached hydrogen (secondary N) is 2. The predicted molar refractivity (Wildman–Crippen MR) is 89.3 cm³/mol. The van der Waals surface area contributed by atoms with E-state index in [1.54, 1.807) is 16.2 Å². The van der Waals surface area contributed by atoms with Crippen LogP contribution in [0.25, 0.3) is 0 Å². The average Bonchev–Trinajstić information content (AvgIpc) is 3.06. The van der Waals surface area contributed by atoms with Crippen molar-refractivity contribution in [2.24, 2.45) is 0 Å². The van der Waals surface area contributed by atoms with E-state index in [0.29, 0.717) is 12.1 Å². The quantitative estimate of drug-likeness (QED) is 0.782. The van der Waals surface area contributed by atoms with Crippen LogP contribution in [0.2, 0.25) is 0 Å². The van der Waals surface area contributed by atoms with Crippen LogP contribution in [0, 0.1) is 0 Å². The van der Waals surface area contributed by atoms with Gasteiger partial charge in [0.15, 0.2) is 0 Å². The van der Waals surface area contributed by atoms with Crippen LogP contribution in [0.4, 0.5) is 0 Å². The van der Waals surface area contributed by atoms with Crippen molar-refractivity contribution in [3.05, 3.63) is 43.8 Å². The second-order valence-corrected chi connectivity index (χ2v) is 7.69. The highest BCUT2D eigenvalue weighted by Crippen LogP contribution is 2.22. The highest BCUT2D eigenvalue weighted by Gasteiger charge is 2.21. The van der Waals surface area contributed by atoms with Crippen molar-refractivity contribution >= 4 is 28.6 Å². The minimum absolute atomic E-state index is 0.0833. The monoisotopic (exact) mass is 320 g/mol. The Kier molecular flexibility index (Phi) is 4.42. The van der Waals surface area contributed by atoms with Crippen LogP contribution < -0.4 is 10.6 Å². The molecule has 2 aromatic heterocycles. The van der Waals surface area contributed by atoms with Crippen molar-refractivity contribution in [3.8, 4) is 0 Å². The topological polar surface area (TPSA) is 41.1 Å². The van der Waals surface area contributed by atoms with Gasteiger partial charge < -0.3 is 10.6 Å². The molecule has 2 atom stereocenters. The number of carbonyl (C=O) groups excluding carboxylic acids is 1. The van der Waals surface area contributed by atoms with Crippen molar-refractivity contribution in [1.29, 1.82) is 0 Å². The molecule has 2 N–H and O–H groups in total. The van der Waals surface area contributed by atoms with Crippen molar-refractivity contribution in [3.63, 3.8) is 0 Å². The van der Waals surface area contributed by atoms with Crippen molar-refractivity contribution in [2.45, 2.75) is 45.3 Å². The summed E-state index contributed by atoms with van der Waals surface area (Å²) in [5, 5.41) is 10.5. The molecule has 0 spiro atoms. The van der Waals surface area contributed by atoms with Crippen molar-refractivity contribution < 1.29 is 4.79 Å². The van der Waals surface area contributed by atoms with E-state index in [9.17, 15) is 4.79 Å². The molecular weight excluding hydrogens is 300 g/mol. The zero-order valence-electron chi connectivity index (χ0n) is 12.3. The first kappa shape index (κ1) is 14.8. The molecule has 0 fully saturated rings. The number of thiophene rings is 2. The van der Waals surface area contributed by atoms with E-state index < -0.39 is 0 Å². The number of carbonyl (C=O) groups is 1. The first-order valence-electron chi connectivity index (χ1n) is 7.29. The van der Waals surface area contributed by atoms with Crippen molar-refractivity contribution in [1.82, 2.24) is 10.6 Å². The molecule has 112 valence electrons. The molecule has 2 aromatic rings. The zero-order chi connectivity index (χ0) is 14.8. The van der Waals surface area contributed by atoms with Gasteiger partial charge in [-0.3, -0.25) is 4.79 Å². The van der Waals surface area contributed by atoms with E-state index >= 15 is 0 Å². The van der Waals surface area contributed by atoms with Gasteiger partial charge in [0, 0.05) is 34.8 Å². The van der Waals surface area contributed by atoms with Gasteiger partial charge in [-0.2, -0.15) is 0 Å². The second kappa shape index (κ2) is 6.30. The van der Waals surface area contributed by atoms with Gasteiger partial charge in [-0.1, -0.05) is 0 Å². The standard InChI is InChI=1S/C8H9NOS.C8H11NS/c1-5-4-7-6(2-3-11-7)8(10)9-5;1-6-4-8-7(5-9-6)2-3-10-8/h2-3,5H,4H2,1H3,(H,9,10);2-3,6,9H,4-5H2,1H3. The maximum Gasteiger partial charge on any atom is 0.252 e. The normalized spacial score (nSPS) is 23.4. The minimum Gasteiger partial charge on any atom is -0.349 e. The molecule has 2 aliphatic heterocycles. The van der Waals surface area contributed by atoms with E-state index in [-0.39, 0.29) is 5.91 Å². The maximum absolute atomic E-state index is 11.3. The molecule has 0 bridgehead atoms. The van der Waals surface area contributed by atoms with Gasteiger partial charge >= 0.3 is 0 Å². The Hall–Kier alpha value is -1.17. The van der Waals surface area contributed by atoms with Gasteiger partial charge in [0.05, 0.1) is 5.56 Å². The highest BCUT2D eigenvalue weighted by molar-refractivity contribution is 7.10. The van der Waals surface area contributed by atoms with E-state index in [2.05, 4.69) is 29.0 Å². The van der Waals surface area contributed by atoms with Crippen LogP contribution in [-0.4, -0.2) is 18.0 Å². The molecule has 0 aromatic carbocycles. The lowest BCUT2D eigenvalue weighted by Gasteiger charge is -2.19. The molecular formula is C16H20N2OS2. The molecule has 4 rings (SSSR count). The third-order valence-corrected chi connectivity index (χ3v) is 5.76. The van der Waals surface area contributed by atoms with Crippen LogP contribution in [-0.2, 0) is 19.4 Å². The van der Waals surface area contributed by atoms with Gasteiger partial charge in [-0.25, -0.2) is 0 Å². The predicted octanol–water partition coefficient (Wildman–Crippen LogP) is 3.20. The molecule has 0 saturated heterocycles. The van der Waals surface area contributed by atoms with Gasteiger partial charge in [-0.15, -0.1) is 22.7 Å². The maximum atomic E-state index is 11.3. The lowest BCUT2D eigenvalue weighted by molar-refractivity contribution is 0.0930. The van der Waals surface area contributed by atoms with Crippen LogP contribution in [0.15, 0.2) is 22.9 Å². The van der Waals surface area contributed by atoms with Gasteiger partial charge in [-0.05, 0) is 48.7 Å². The van der Waals surface area contributed by atoms with Crippen LogP contribution in [0.3, 0.4) is 0 Å². The van der Waals surface area contributed by atoms with E-state index in [4.69, 9.17) is 0 Å². The Morgan fingerprint density at radius 2 is 1.76 bits per heavy atom. The fourth-order valence-electron chi connectivity index (χ4n) is 2.67. The first-order valence-corrected chi connectivity index (χ1v) is 9.05. The molecule has 0 saturated carbocycles. The molecule has 2 aliphatic rings. The third kappa shape index (κ3) is 3.36. The molecule has 2 unspecified atom stereocenters. The lowest BCUT2D eigenvalue weighted by Crippen LogP contribution is -2.38. The number of rotatable bonds is 0. The summed E-state index contributed by atoms with van der Waals surface area (Å²) in [7, 11) is 0. The Bertz CT molecular complexity index is 632. The summed E-state index contributed by atoms with van der Waals surface area (Å²) in [4.78, 5) is 14.1. The average molecular weight is 320 g/mol. The van der Waals surface area contributed by atoms with Gasteiger partial charge in [0.25, 0.3) is 5.91 Å². The molecule has 4 heterocycles. The summed E-state index contributed by atoms with van der Waals surface area (Å²) in [6, 6.07) is 5.08. The minimum atomic E-state index is 0.0833. The number of amides is 1. The molecule has 5 heteroatoms. The summed E-state index contributed by atoms with van der Waals surface area (Å²) >= 11 is 3.56. The fourth-order valence-corrected chi connectivity index (χ4v) is 4.71. The molecule has 1 amide bonds.